The Balaban J connectivity index is 1.17. The molecule has 0 aliphatic carbocycles. The van der Waals surface area contributed by atoms with Crippen LogP contribution in [0.15, 0.2) is 66.7 Å². The van der Waals surface area contributed by atoms with Crippen molar-refractivity contribution in [2.24, 2.45) is 0 Å². The molecular formula is C30H28F3N3O6. The first-order valence-electron chi connectivity index (χ1n) is 13.2. The Morgan fingerprint density at radius 1 is 0.881 bits per heavy atom. The van der Waals surface area contributed by atoms with E-state index >= 15 is 0 Å². The molecule has 5 rings (SSSR count). The van der Waals surface area contributed by atoms with E-state index in [1.807, 2.05) is 41.3 Å². The lowest BCUT2D eigenvalue weighted by atomic mass is 10.0. The third-order valence-electron chi connectivity index (χ3n) is 6.95. The maximum atomic E-state index is 12.8. The van der Waals surface area contributed by atoms with Gasteiger partial charge in [0.1, 0.15) is 0 Å². The molecule has 2 aliphatic rings. The maximum absolute atomic E-state index is 12.8. The molecule has 1 fully saturated rings. The van der Waals surface area contributed by atoms with Crippen LogP contribution in [0.4, 0.5) is 13.2 Å². The molecule has 1 unspecified atom stereocenters. The number of esters is 1. The van der Waals surface area contributed by atoms with Crippen molar-refractivity contribution in [1.29, 1.82) is 0 Å². The van der Waals surface area contributed by atoms with Gasteiger partial charge in [0, 0.05) is 51.8 Å². The minimum atomic E-state index is -5.19. The number of nitrogens with zero attached hydrogens (tertiary/aromatic N) is 2. The summed E-state index contributed by atoms with van der Waals surface area (Å²) in [5, 5.41) is 2.82. The van der Waals surface area contributed by atoms with E-state index in [4.69, 9.17) is 9.47 Å². The normalized spacial score (nSPS) is 16.7. The minimum absolute atomic E-state index is 0.0229. The zero-order valence-corrected chi connectivity index (χ0v) is 22.6. The molecule has 12 heteroatoms. The van der Waals surface area contributed by atoms with Gasteiger partial charge >= 0.3 is 18.6 Å². The average molecular weight is 584 g/mol. The second-order valence-electron chi connectivity index (χ2n) is 9.95. The molecule has 9 nitrogen and oxygen atoms in total. The first-order chi connectivity index (χ1) is 20.0. The zero-order valence-electron chi connectivity index (χ0n) is 22.6. The van der Waals surface area contributed by atoms with Crippen LogP contribution in [0.25, 0.3) is 11.1 Å². The van der Waals surface area contributed by atoms with Gasteiger partial charge in [0.15, 0.2) is 11.5 Å². The summed E-state index contributed by atoms with van der Waals surface area (Å²) in [6, 6.07) is 20.1. The van der Waals surface area contributed by atoms with E-state index in [1.54, 1.807) is 6.92 Å². The van der Waals surface area contributed by atoms with Crippen molar-refractivity contribution in [2.45, 2.75) is 32.7 Å². The van der Waals surface area contributed by atoms with Gasteiger partial charge in [-0.1, -0.05) is 36.4 Å². The topological polar surface area (TPSA) is 97.4 Å². The second kappa shape index (κ2) is 12.1. The number of carbonyl (C=O) groups excluding carboxylic acids is 3. The molecule has 0 spiro atoms. The van der Waals surface area contributed by atoms with Gasteiger partial charge in [0.05, 0.1) is 0 Å². The van der Waals surface area contributed by atoms with Gasteiger partial charge in [0.25, 0.3) is 5.91 Å². The third-order valence-corrected chi connectivity index (χ3v) is 6.95. The molecule has 3 aromatic rings. The smallest absolute Gasteiger partial charge is 0.419 e. The summed E-state index contributed by atoms with van der Waals surface area (Å²) in [4.78, 5) is 39.6. The van der Waals surface area contributed by atoms with Crippen molar-refractivity contribution in [3.63, 3.8) is 0 Å². The van der Waals surface area contributed by atoms with Crippen molar-refractivity contribution in [3.05, 3.63) is 83.4 Å². The molecule has 0 bridgehead atoms. The summed E-state index contributed by atoms with van der Waals surface area (Å²) in [5.74, 6) is -2.76. The number of ether oxygens (including phenoxy) is 3. The number of hydrogen-bond acceptors (Lipinski definition) is 7. The van der Waals surface area contributed by atoms with Gasteiger partial charge in [0.2, 0.25) is 5.91 Å². The Kier molecular flexibility index (Phi) is 8.34. The van der Waals surface area contributed by atoms with Crippen LogP contribution in [0.1, 0.15) is 28.4 Å². The molecular weight excluding hydrogens is 555 g/mol. The number of fused-ring (bicyclic) bond motifs is 1. The van der Waals surface area contributed by atoms with E-state index in [-0.39, 0.29) is 29.5 Å². The largest absolute Gasteiger partial charge is 0.491 e. The molecule has 0 saturated carbocycles. The Morgan fingerprint density at radius 3 is 2.19 bits per heavy atom. The highest BCUT2D eigenvalue weighted by molar-refractivity contribution is 5.95. The highest BCUT2D eigenvalue weighted by Gasteiger charge is 2.44. The first-order valence-corrected chi connectivity index (χ1v) is 13.2. The van der Waals surface area contributed by atoms with E-state index in [9.17, 15) is 27.6 Å². The van der Waals surface area contributed by atoms with Crippen molar-refractivity contribution in [3.8, 4) is 22.6 Å². The van der Waals surface area contributed by atoms with Gasteiger partial charge in [-0.3, -0.25) is 14.5 Å². The van der Waals surface area contributed by atoms with Crippen LogP contribution in [-0.4, -0.2) is 66.4 Å². The number of halogens is 3. The average Bonchev–Trinajstić information content (AvgIpc) is 3.37. The van der Waals surface area contributed by atoms with Crippen LogP contribution in [0.3, 0.4) is 0 Å². The molecule has 220 valence electrons. The fraction of sp³-hybridized carbons (Fsp3) is 0.300. The van der Waals surface area contributed by atoms with Crippen LogP contribution in [0.2, 0.25) is 0 Å². The number of carbonyl (C=O) groups is 3. The zero-order chi connectivity index (χ0) is 29.9. The van der Waals surface area contributed by atoms with Crippen LogP contribution >= 0.6 is 0 Å². The SMILES string of the molecule is CC(=O)N1CCN(Cc2cccc(-c3cccc(CNC(=O)c4ccc5c(c4)OC(OC(=O)C(F)(F)F)O5)c3)c2)CC1. The maximum Gasteiger partial charge on any atom is 0.491 e. The van der Waals surface area contributed by atoms with E-state index in [1.165, 1.54) is 23.8 Å². The van der Waals surface area contributed by atoms with Gasteiger partial charge < -0.3 is 24.4 Å². The van der Waals surface area contributed by atoms with Crippen LogP contribution in [0, 0.1) is 0 Å². The molecule has 1 saturated heterocycles. The summed E-state index contributed by atoms with van der Waals surface area (Å²) in [7, 11) is 0. The van der Waals surface area contributed by atoms with Crippen molar-refractivity contribution < 1.29 is 41.8 Å². The third kappa shape index (κ3) is 7.00. The fourth-order valence-electron chi connectivity index (χ4n) is 4.75. The number of benzene rings is 3. The Morgan fingerprint density at radius 2 is 1.52 bits per heavy atom. The van der Waals surface area contributed by atoms with Crippen LogP contribution in [0.5, 0.6) is 11.5 Å². The van der Waals surface area contributed by atoms with Gasteiger partial charge in [-0.25, -0.2) is 4.79 Å². The molecule has 1 N–H and O–H groups in total. The molecule has 42 heavy (non-hydrogen) atoms. The first kappa shape index (κ1) is 28.9. The fourth-order valence-corrected chi connectivity index (χ4v) is 4.75. The Hall–Kier alpha value is -4.58. The number of hydrogen-bond donors (Lipinski definition) is 1. The number of alkyl halides is 3. The van der Waals surface area contributed by atoms with E-state index in [0.717, 1.165) is 49.4 Å². The number of nitrogens with one attached hydrogen (secondary N) is 1. The summed E-state index contributed by atoms with van der Waals surface area (Å²) in [6.07, 6.45) is -5.19. The summed E-state index contributed by atoms with van der Waals surface area (Å²) >= 11 is 0. The Labute approximate surface area is 239 Å². The predicted molar refractivity (Wildman–Crippen MR) is 144 cm³/mol. The van der Waals surface area contributed by atoms with Crippen LogP contribution in [-0.2, 0) is 27.4 Å². The van der Waals surface area contributed by atoms with Crippen LogP contribution < -0.4 is 14.8 Å². The van der Waals surface area contributed by atoms with Crippen molar-refractivity contribution in [2.75, 3.05) is 26.2 Å². The molecule has 0 aromatic heterocycles. The lowest BCUT2D eigenvalue weighted by Crippen LogP contribution is -2.47. The number of piperazine rings is 1. The molecule has 1 atom stereocenters. The van der Waals surface area contributed by atoms with E-state index < -0.39 is 24.5 Å². The highest BCUT2D eigenvalue weighted by atomic mass is 19.4. The van der Waals surface area contributed by atoms with Crippen molar-refractivity contribution in [1.82, 2.24) is 15.1 Å². The quantitative estimate of drug-likeness (QED) is 0.419. The lowest BCUT2D eigenvalue weighted by Gasteiger charge is -2.34. The molecule has 2 heterocycles. The summed E-state index contributed by atoms with van der Waals surface area (Å²) in [6.45, 7) is 3.83. The molecule has 0 radical (unpaired) electrons. The second-order valence-corrected chi connectivity index (χ2v) is 9.95. The van der Waals surface area contributed by atoms with E-state index in [0.29, 0.717) is 0 Å². The Bertz CT molecular complexity index is 1490. The minimum Gasteiger partial charge on any atom is -0.419 e. The van der Waals surface area contributed by atoms with Crippen molar-refractivity contribution >= 4 is 17.8 Å². The monoisotopic (exact) mass is 583 g/mol. The predicted octanol–water partition coefficient (Wildman–Crippen LogP) is 4.11. The molecule has 2 amide bonds. The molecule has 2 aliphatic heterocycles. The lowest BCUT2D eigenvalue weighted by molar-refractivity contribution is -0.237. The standard InChI is InChI=1S/C30H28F3N3O6/c1-19(37)36-12-10-35(11-13-36)18-21-5-3-7-23(15-21)22-6-2-4-20(14-22)17-34-27(38)24-8-9-25-26(16-24)41-29(40-25)42-28(39)30(31,32)33/h2-9,14-16,29H,10-13,17-18H2,1H3,(H,34,38). The molecule has 3 aromatic carbocycles. The van der Waals surface area contributed by atoms with Gasteiger partial charge in [-0.05, 0) is 52.6 Å². The number of amides is 2. The van der Waals surface area contributed by atoms with Gasteiger partial charge in [-0.2, -0.15) is 13.2 Å². The highest BCUT2D eigenvalue weighted by Crippen LogP contribution is 2.36. The summed E-state index contributed by atoms with van der Waals surface area (Å²) in [5.41, 5.74) is 4.26. The van der Waals surface area contributed by atoms with E-state index in [2.05, 4.69) is 27.1 Å². The number of rotatable bonds is 7. The van der Waals surface area contributed by atoms with Gasteiger partial charge in [-0.15, -0.1) is 0 Å². The summed E-state index contributed by atoms with van der Waals surface area (Å²) < 4.78 is 51.6.